The van der Waals surface area contributed by atoms with Crippen LogP contribution in [-0.2, 0) is 0 Å². The van der Waals surface area contributed by atoms with E-state index in [1.165, 1.54) is 0 Å². The average molecular weight is 201 g/mol. The minimum Gasteiger partial charge on any atom is -0.251 e. The maximum absolute atomic E-state index is 11.6. The molecule has 0 fully saturated rings. The zero-order valence-corrected chi connectivity index (χ0v) is 8.17. The first-order chi connectivity index (χ1) is 5.27. The van der Waals surface area contributed by atoms with E-state index in [4.69, 9.17) is 23.2 Å². The summed E-state index contributed by atoms with van der Waals surface area (Å²) in [5.41, 5.74) is 0. The summed E-state index contributed by atoms with van der Waals surface area (Å²) in [6.07, 6.45) is 5.83. The van der Waals surface area contributed by atoms with Crippen LogP contribution in [0.4, 0.5) is 4.39 Å². The van der Waals surface area contributed by atoms with Gasteiger partial charge in [0.1, 0.15) is 4.84 Å². The van der Waals surface area contributed by atoms with E-state index in [1.54, 1.807) is 0 Å². The summed E-state index contributed by atoms with van der Waals surface area (Å²) < 4.78 is 11.6. The van der Waals surface area contributed by atoms with Gasteiger partial charge in [0.25, 0.3) is 0 Å². The molecule has 0 N–H and O–H groups in total. The molecule has 0 spiro atoms. The predicted octanol–water partition coefficient (Wildman–Crippen LogP) is 4.10. The molecule has 0 aromatic rings. The molecule has 0 rings (SSSR count). The van der Waals surface area contributed by atoms with E-state index < -0.39 is 0 Å². The van der Waals surface area contributed by atoms with Gasteiger partial charge in [0.05, 0.1) is 6.67 Å². The van der Waals surface area contributed by atoms with Crippen LogP contribution in [0, 0.1) is 0 Å². The number of halogens is 3. The molecule has 0 atom stereocenters. The second-order valence-corrected chi connectivity index (χ2v) is 3.91. The van der Waals surface area contributed by atoms with Crippen molar-refractivity contribution >= 4 is 23.2 Å². The van der Waals surface area contributed by atoms with Gasteiger partial charge in [-0.1, -0.05) is 25.7 Å². The monoisotopic (exact) mass is 200 g/mol. The molecule has 0 aliphatic carbocycles. The van der Waals surface area contributed by atoms with Gasteiger partial charge in [0.15, 0.2) is 0 Å². The topological polar surface area (TPSA) is 0 Å². The van der Waals surface area contributed by atoms with Crippen molar-refractivity contribution in [3.63, 3.8) is 0 Å². The highest BCUT2D eigenvalue weighted by molar-refractivity contribution is 6.44. The third-order valence-electron chi connectivity index (χ3n) is 1.56. The quantitative estimate of drug-likeness (QED) is 0.429. The van der Waals surface area contributed by atoms with Crippen LogP contribution in [0.5, 0.6) is 0 Å². The molecule has 0 aromatic carbocycles. The summed E-state index contributed by atoms with van der Waals surface area (Å²) in [5.74, 6) is 0. The first kappa shape index (κ1) is 11.5. The Kier molecular flexibility index (Phi) is 9.00. The van der Waals surface area contributed by atoms with Gasteiger partial charge >= 0.3 is 0 Å². The van der Waals surface area contributed by atoms with Crippen molar-refractivity contribution < 1.29 is 4.39 Å². The van der Waals surface area contributed by atoms with Crippen molar-refractivity contribution in [1.29, 1.82) is 0 Å². The van der Waals surface area contributed by atoms with Crippen LogP contribution >= 0.6 is 23.2 Å². The van der Waals surface area contributed by atoms with Gasteiger partial charge in [-0.05, 0) is 12.8 Å². The van der Waals surface area contributed by atoms with E-state index in [0.717, 1.165) is 32.1 Å². The van der Waals surface area contributed by atoms with Crippen LogP contribution in [0.3, 0.4) is 0 Å². The Morgan fingerprint density at radius 1 is 0.909 bits per heavy atom. The molecule has 0 bridgehead atoms. The van der Waals surface area contributed by atoms with Gasteiger partial charge in [-0.3, -0.25) is 4.39 Å². The second-order valence-electron chi connectivity index (χ2n) is 2.64. The second kappa shape index (κ2) is 8.61. The van der Waals surface area contributed by atoms with Crippen molar-refractivity contribution in [2.45, 2.75) is 43.4 Å². The zero-order chi connectivity index (χ0) is 8.53. The van der Waals surface area contributed by atoms with Crippen LogP contribution in [0.2, 0.25) is 0 Å². The van der Waals surface area contributed by atoms with E-state index >= 15 is 0 Å². The summed E-state index contributed by atoms with van der Waals surface area (Å²) in [6, 6.07) is 0. The first-order valence-corrected chi connectivity index (χ1v) is 4.98. The Hall–Kier alpha value is 0.510. The Morgan fingerprint density at radius 2 is 1.45 bits per heavy atom. The van der Waals surface area contributed by atoms with Crippen molar-refractivity contribution in [2.75, 3.05) is 6.67 Å². The molecule has 3 heteroatoms. The summed E-state index contributed by atoms with van der Waals surface area (Å²) in [5, 5.41) is 0. The molecule has 68 valence electrons. The lowest BCUT2D eigenvalue weighted by atomic mass is 10.1. The highest BCUT2D eigenvalue weighted by Gasteiger charge is 1.97. The smallest absolute Gasteiger partial charge is 0.107 e. The van der Waals surface area contributed by atoms with E-state index in [0.29, 0.717) is 6.42 Å². The maximum atomic E-state index is 11.6. The molecule has 0 aliphatic rings. The molecule has 0 radical (unpaired) electrons. The van der Waals surface area contributed by atoms with Gasteiger partial charge in [-0.2, -0.15) is 0 Å². The fraction of sp³-hybridized carbons (Fsp3) is 1.00. The molecule has 11 heavy (non-hydrogen) atoms. The van der Waals surface area contributed by atoms with Crippen molar-refractivity contribution in [2.24, 2.45) is 0 Å². The maximum Gasteiger partial charge on any atom is 0.107 e. The van der Waals surface area contributed by atoms with E-state index in [2.05, 4.69) is 0 Å². The van der Waals surface area contributed by atoms with Crippen LogP contribution in [0.15, 0.2) is 0 Å². The highest BCUT2D eigenvalue weighted by Crippen LogP contribution is 2.13. The van der Waals surface area contributed by atoms with Crippen molar-refractivity contribution in [3.05, 3.63) is 0 Å². The molecular formula is C8H15Cl2F. The van der Waals surface area contributed by atoms with Crippen LogP contribution in [0.25, 0.3) is 0 Å². The lowest BCUT2D eigenvalue weighted by molar-refractivity contribution is 0.451. The summed E-state index contributed by atoms with van der Waals surface area (Å²) in [7, 11) is 0. The fourth-order valence-corrected chi connectivity index (χ4v) is 1.23. The molecule has 0 amide bonds. The Balaban J connectivity index is 2.80. The fourth-order valence-electron chi connectivity index (χ4n) is 0.923. The summed E-state index contributed by atoms with van der Waals surface area (Å²) >= 11 is 11.0. The Morgan fingerprint density at radius 3 is 2.00 bits per heavy atom. The van der Waals surface area contributed by atoms with E-state index in [1.807, 2.05) is 0 Å². The predicted molar refractivity (Wildman–Crippen MR) is 49.2 cm³/mol. The zero-order valence-electron chi connectivity index (χ0n) is 6.66. The molecule has 0 aromatic heterocycles. The summed E-state index contributed by atoms with van der Waals surface area (Å²) in [4.78, 5) is -0.226. The Labute approximate surface area is 78.1 Å². The molecule has 0 heterocycles. The summed E-state index contributed by atoms with van der Waals surface area (Å²) in [6.45, 7) is -0.187. The van der Waals surface area contributed by atoms with Crippen LogP contribution < -0.4 is 0 Å². The average Bonchev–Trinajstić information content (AvgIpc) is 1.96. The van der Waals surface area contributed by atoms with Gasteiger partial charge in [-0.25, -0.2) is 0 Å². The standard InChI is InChI=1S/C8H15Cl2F/c9-8(10)6-4-2-1-3-5-7-11/h8H,1-7H2. The van der Waals surface area contributed by atoms with Gasteiger partial charge < -0.3 is 0 Å². The minimum atomic E-state index is -0.226. The number of alkyl halides is 3. The molecule has 0 unspecified atom stereocenters. The lowest BCUT2D eigenvalue weighted by Gasteiger charge is -2.00. The molecule has 0 aliphatic heterocycles. The number of hydrogen-bond acceptors (Lipinski definition) is 0. The largest absolute Gasteiger partial charge is 0.251 e. The Bertz CT molecular complexity index is 76.5. The number of unbranched alkanes of at least 4 members (excludes halogenated alkanes) is 4. The first-order valence-electron chi connectivity index (χ1n) is 4.11. The lowest BCUT2D eigenvalue weighted by Crippen LogP contribution is -1.87. The molecule has 0 saturated heterocycles. The number of rotatable bonds is 7. The third kappa shape index (κ3) is 10.5. The minimum absolute atomic E-state index is 0.187. The van der Waals surface area contributed by atoms with Crippen LogP contribution in [0.1, 0.15) is 38.5 Å². The van der Waals surface area contributed by atoms with Crippen molar-refractivity contribution in [3.8, 4) is 0 Å². The SMILES string of the molecule is FCCCCCCCC(Cl)Cl. The van der Waals surface area contributed by atoms with E-state index in [-0.39, 0.29) is 11.5 Å². The van der Waals surface area contributed by atoms with Crippen molar-refractivity contribution in [1.82, 2.24) is 0 Å². The molecule has 0 nitrogen and oxygen atoms in total. The molecule has 0 saturated carbocycles. The highest BCUT2D eigenvalue weighted by atomic mass is 35.5. The number of hydrogen-bond donors (Lipinski definition) is 0. The normalized spacial score (nSPS) is 10.9. The van der Waals surface area contributed by atoms with E-state index in [9.17, 15) is 4.39 Å². The third-order valence-corrected chi connectivity index (χ3v) is 1.99. The van der Waals surface area contributed by atoms with Gasteiger partial charge in [0.2, 0.25) is 0 Å². The molecular weight excluding hydrogens is 186 g/mol. The van der Waals surface area contributed by atoms with Crippen LogP contribution in [-0.4, -0.2) is 11.5 Å². The van der Waals surface area contributed by atoms with Gasteiger partial charge in [-0.15, -0.1) is 23.2 Å². The van der Waals surface area contributed by atoms with Gasteiger partial charge in [0, 0.05) is 0 Å².